The molecule has 3 rings (SSSR count). The Balaban J connectivity index is 1.79. The molecule has 140 valence electrons. The van der Waals surface area contributed by atoms with Crippen molar-refractivity contribution in [3.05, 3.63) is 46.1 Å². The van der Waals surface area contributed by atoms with Gasteiger partial charge in [-0.05, 0) is 24.5 Å². The first-order valence-corrected chi connectivity index (χ1v) is 9.41. The summed E-state index contributed by atoms with van der Waals surface area (Å²) in [7, 11) is 0. The molecule has 1 aromatic heterocycles. The standard InChI is InChI=1S/C18H20BrF3N4/c19-14-9-5-4-6-12(14)11-23-16-10-15(18(20,21)22)25-17(26-16)24-13-7-2-1-3-8-13/h4-6,9-10,13H,1-3,7-8,11H2,(H2,23,24,25,26). The minimum absolute atomic E-state index is 0.0290. The number of alkyl halides is 3. The summed E-state index contributed by atoms with van der Waals surface area (Å²) in [6.45, 7) is 0.360. The third-order valence-electron chi connectivity index (χ3n) is 4.37. The number of hydrogen-bond donors (Lipinski definition) is 2. The van der Waals surface area contributed by atoms with E-state index in [0.29, 0.717) is 6.54 Å². The number of anilines is 2. The summed E-state index contributed by atoms with van der Waals surface area (Å²) < 4.78 is 40.5. The molecule has 0 atom stereocenters. The van der Waals surface area contributed by atoms with Gasteiger partial charge in [-0.25, -0.2) is 4.98 Å². The second-order valence-electron chi connectivity index (χ2n) is 6.38. The van der Waals surface area contributed by atoms with Gasteiger partial charge in [0.2, 0.25) is 5.95 Å². The van der Waals surface area contributed by atoms with Crippen molar-refractivity contribution in [3.8, 4) is 0 Å². The average Bonchev–Trinajstić information content (AvgIpc) is 2.61. The summed E-state index contributed by atoms with van der Waals surface area (Å²) in [6, 6.07) is 8.61. The van der Waals surface area contributed by atoms with E-state index in [1.165, 1.54) is 6.42 Å². The predicted octanol–water partition coefficient (Wildman–Crippen LogP) is 5.61. The topological polar surface area (TPSA) is 49.8 Å². The molecule has 26 heavy (non-hydrogen) atoms. The molecule has 1 aliphatic carbocycles. The largest absolute Gasteiger partial charge is 0.433 e. The highest BCUT2D eigenvalue weighted by Gasteiger charge is 2.34. The molecule has 1 aromatic carbocycles. The second-order valence-corrected chi connectivity index (χ2v) is 7.24. The van der Waals surface area contributed by atoms with Crippen LogP contribution in [-0.2, 0) is 12.7 Å². The van der Waals surface area contributed by atoms with Crippen LogP contribution in [0.3, 0.4) is 0 Å². The maximum Gasteiger partial charge on any atom is 0.433 e. The third kappa shape index (κ3) is 5.09. The summed E-state index contributed by atoms with van der Waals surface area (Å²) >= 11 is 3.43. The Morgan fingerprint density at radius 2 is 1.81 bits per heavy atom. The van der Waals surface area contributed by atoms with Crippen LogP contribution in [0.5, 0.6) is 0 Å². The molecule has 2 aromatic rings. The Labute approximate surface area is 158 Å². The van der Waals surface area contributed by atoms with Crippen LogP contribution >= 0.6 is 15.9 Å². The van der Waals surface area contributed by atoms with Crippen molar-refractivity contribution in [1.29, 1.82) is 0 Å². The molecular formula is C18H20BrF3N4. The van der Waals surface area contributed by atoms with Crippen molar-refractivity contribution >= 4 is 27.7 Å². The molecule has 4 nitrogen and oxygen atoms in total. The molecule has 1 fully saturated rings. The number of rotatable bonds is 5. The Bertz CT molecular complexity index is 745. The molecule has 0 bridgehead atoms. The lowest BCUT2D eigenvalue weighted by Crippen LogP contribution is -2.24. The van der Waals surface area contributed by atoms with Crippen LogP contribution in [0.15, 0.2) is 34.8 Å². The maximum atomic E-state index is 13.2. The number of aromatic nitrogens is 2. The number of halogens is 4. The van der Waals surface area contributed by atoms with Gasteiger partial charge in [0.1, 0.15) is 5.82 Å². The molecule has 0 spiro atoms. The molecular weight excluding hydrogens is 409 g/mol. The molecule has 0 saturated heterocycles. The fourth-order valence-electron chi connectivity index (χ4n) is 3.00. The van der Waals surface area contributed by atoms with E-state index < -0.39 is 11.9 Å². The number of nitrogens with zero attached hydrogens (tertiary/aromatic N) is 2. The molecule has 1 saturated carbocycles. The van der Waals surface area contributed by atoms with Gasteiger partial charge in [0, 0.05) is 23.1 Å². The molecule has 1 heterocycles. The molecule has 8 heteroatoms. The summed E-state index contributed by atoms with van der Waals surface area (Å²) in [4.78, 5) is 7.91. The average molecular weight is 429 g/mol. The summed E-state index contributed by atoms with van der Waals surface area (Å²) in [5, 5.41) is 6.04. The highest BCUT2D eigenvalue weighted by atomic mass is 79.9. The van der Waals surface area contributed by atoms with Gasteiger partial charge in [-0.1, -0.05) is 53.4 Å². The van der Waals surface area contributed by atoms with Crippen LogP contribution in [0, 0.1) is 0 Å². The Morgan fingerprint density at radius 3 is 2.50 bits per heavy atom. The lowest BCUT2D eigenvalue weighted by Gasteiger charge is -2.23. The lowest BCUT2D eigenvalue weighted by atomic mass is 9.96. The van der Waals surface area contributed by atoms with Crippen LogP contribution in [0.2, 0.25) is 0 Å². The van der Waals surface area contributed by atoms with E-state index in [0.717, 1.165) is 41.8 Å². The molecule has 0 unspecified atom stereocenters. The Hall–Kier alpha value is -1.83. The first-order chi connectivity index (χ1) is 12.4. The maximum absolute atomic E-state index is 13.2. The molecule has 0 radical (unpaired) electrons. The van der Waals surface area contributed by atoms with Crippen LogP contribution in [-0.4, -0.2) is 16.0 Å². The van der Waals surface area contributed by atoms with E-state index in [9.17, 15) is 13.2 Å². The predicted molar refractivity (Wildman–Crippen MR) is 99.0 cm³/mol. The molecule has 1 aliphatic rings. The fourth-order valence-corrected chi connectivity index (χ4v) is 3.43. The van der Waals surface area contributed by atoms with Gasteiger partial charge in [0.05, 0.1) is 0 Å². The minimum atomic E-state index is -4.52. The van der Waals surface area contributed by atoms with Crippen LogP contribution in [0.4, 0.5) is 24.9 Å². The molecule has 0 amide bonds. The lowest BCUT2D eigenvalue weighted by molar-refractivity contribution is -0.141. The van der Waals surface area contributed by atoms with E-state index in [2.05, 4.69) is 36.5 Å². The van der Waals surface area contributed by atoms with Gasteiger partial charge in [-0.15, -0.1) is 0 Å². The van der Waals surface area contributed by atoms with Crippen LogP contribution in [0.25, 0.3) is 0 Å². The SMILES string of the molecule is FC(F)(F)c1cc(NCc2ccccc2Br)nc(NC2CCCCC2)n1. The summed E-state index contributed by atoms with van der Waals surface area (Å²) in [6.07, 6.45) is 0.655. The van der Waals surface area contributed by atoms with E-state index in [1.807, 2.05) is 24.3 Å². The quantitative estimate of drug-likeness (QED) is 0.649. The van der Waals surface area contributed by atoms with E-state index >= 15 is 0 Å². The van der Waals surface area contributed by atoms with Crippen molar-refractivity contribution < 1.29 is 13.2 Å². The summed E-state index contributed by atoms with van der Waals surface area (Å²) in [5.74, 6) is 0.183. The fraction of sp³-hybridized carbons (Fsp3) is 0.444. The van der Waals surface area contributed by atoms with Gasteiger partial charge in [0.25, 0.3) is 0 Å². The van der Waals surface area contributed by atoms with Gasteiger partial charge in [-0.3, -0.25) is 0 Å². The van der Waals surface area contributed by atoms with Crippen molar-refractivity contribution in [2.24, 2.45) is 0 Å². The number of benzene rings is 1. The zero-order chi connectivity index (χ0) is 18.6. The van der Waals surface area contributed by atoms with Gasteiger partial charge >= 0.3 is 6.18 Å². The highest BCUT2D eigenvalue weighted by Crippen LogP contribution is 2.30. The smallest absolute Gasteiger partial charge is 0.366 e. The number of nitrogens with one attached hydrogen (secondary N) is 2. The van der Waals surface area contributed by atoms with E-state index in [4.69, 9.17) is 0 Å². The van der Waals surface area contributed by atoms with Gasteiger partial charge in [0.15, 0.2) is 5.69 Å². The monoisotopic (exact) mass is 428 g/mol. The zero-order valence-corrected chi connectivity index (χ0v) is 15.7. The number of hydrogen-bond acceptors (Lipinski definition) is 4. The zero-order valence-electron chi connectivity index (χ0n) is 14.1. The Kier molecular flexibility index (Phi) is 6.01. The van der Waals surface area contributed by atoms with Gasteiger partial charge < -0.3 is 10.6 Å². The van der Waals surface area contributed by atoms with E-state index in [1.54, 1.807) is 0 Å². The molecule has 0 aliphatic heterocycles. The molecule has 2 N–H and O–H groups in total. The van der Waals surface area contributed by atoms with E-state index in [-0.39, 0.29) is 17.8 Å². The first-order valence-electron chi connectivity index (χ1n) is 8.62. The van der Waals surface area contributed by atoms with Crippen LogP contribution in [0.1, 0.15) is 43.4 Å². The van der Waals surface area contributed by atoms with Crippen molar-refractivity contribution in [2.45, 2.75) is 50.9 Å². The normalized spacial score (nSPS) is 15.7. The van der Waals surface area contributed by atoms with Crippen molar-refractivity contribution in [2.75, 3.05) is 10.6 Å². The van der Waals surface area contributed by atoms with Crippen LogP contribution < -0.4 is 10.6 Å². The second kappa shape index (κ2) is 8.24. The Morgan fingerprint density at radius 1 is 1.08 bits per heavy atom. The summed E-state index contributed by atoms with van der Waals surface area (Å²) in [5.41, 5.74) is -0.0121. The van der Waals surface area contributed by atoms with Crippen molar-refractivity contribution in [3.63, 3.8) is 0 Å². The highest BCUT2D eigenvalue weighted by molar-refractivity contribution is 9.10. The minimum Gasteiger partial charge on any atom is -0.366 e. The van der Waals surface area contributed by atoms with Crippen molar-refractivity contribution in [1.82, 2.24) is 9.97 Å². The third-order valence-corrected chi connectivity index (χ3v) is 5.15. The first kappa shape index (κ1) is 18.9. The van der Waals surface area contributed by atoms with Gasteiger partial charge in [-0.2, -0.15) is 18.2 Å².